The van der Waals surface area contributed by atoms with E-state index in [2.05, 4.69) is 17.3 Å². The minimum absolute atomic E-state index is 0.243. The van der Waals surface area contributed by atoms with Crippen LogP contribution in [0.4, 0.5) is 0 Å². The summed E-state index contributed by atoms with van der Waals surface area (Å²) in [5.74, 6) is 0. The maximum atomic E-state index is 6.21. The molecule has 0 amide bonds. The molecular formula is C16H31N3. The van der Waals surface area contributed by atoms with Crippen LogP contribution in [0, 0.1) is 0 Å². The van der Waals surface area contributed by atoms with Gasteiger partial charge in [-0.15, -0.1) is 0 Å². The van der Waals surface area contributed by atoms with Crippen molar-refractivity contribution in [1.29, 1.82) is 0 Å². The number of hydrogen-bond acceptors (Lipinski definition) is 3. The zero-order chi connectivity index (χ0) is 13.3. The highest BCUT2D eigenvalue weighted by Crippen LogP contribution is 2.40. The number of fused-ring (bicyclic) bond motifs is 2. The van der Waals surface area contributed by atoms with Crippen molar-refractivity contribution in [2.24, 2.45) is 5.73 Å². The van der Waals surface area contributed by atoms with E-state index in [4.69, 9.17) is 5.73 Å². The lowest BCUT2D eigenvalue weighted by atomic mass is 9.82. The fourth-order valence-corrected chi connectivity index (χ4v) is 4.77. The molecule has 0 radical (unpaired) electrons. The molecule has 2 bridgehead atoms. The van der Waals surface area contributed by atoms with Crippen LogP contribution in [0.3, 0.4) is 0 Å². The molecule has 0 aromatic rings. The summed E-state index contributed by atoms with van der Waals surface area (Å²) in [7, 11) is 2.31. The van der Waals surface area contributed by atoms with E-state index < -0.39 is 0 Å². The predicted molar refractivity (Wildman–Crippen MR) is 80.2 cm³/mol. The van der Waals surface area contributed by atoms with Crippen LogP contribution in [0.5, 0.6) is 0 Å². The SMILES string of the molecule is CN1C2CCC1CC(CN)(NC1CCCCCC1)C2. The first-order chi connectivity index (χ1) is 9.22. The van der Waals surface area contributed by atoms with Gasteiger partial charge in [0, 0.05) is 30.2 Å². The number of nitrogens with two attached hydrogens (primary N) is 1. The molecule has 0 aromatic carbocycles. The summed E-state index contributed by atoms with van der Waals surface area (Å²) in [6, 6.07) is 2.29. The third kappa shape index (κ3) is 2.84. The van der Waals surface area contributed by atoms with Crippen molar-refractivity contribution in [3.05, 3.63) is 0 Å². The normalized spacial score (nSPS) is 41.4. The van der Waals surface area contributed by atoms with Crippen LogP contribution in [0.1, 0.15) is 64.2 Å². The maximum Gasteiger partial charge on any atom is 0.0336 e. The van der Waals surface area contributed by atoms with E-state index in [1.165, 1.54) is 64.2 Å². The standard InChI is InChI=1S/C16H31N3/c1-19-14-8-9-15(19)11-16(10-14,12-17)18-13-6-4-2-3-5-7-13/h13-15,18H,2-12,17H2,1H3. The van der Waals surface area contributed by atoms with Crippen LogP contribution in [0.15, 0.2) is 0 Å². The Bertz CT molecular complexity index is 282. The molecule has 3 rings (SSSR count). The van der Waals surface area contributed by atoms with Gasteiger partial charge in [0.1, 0.15) is 0 Å². The summed E-state index contributed by atoms with van der Waals surface area (Å²) in [5, 5.41) is 4.03. The molecule has 2 unspecified atom stereocenters. The first-order valence-corrected chi connectivity index (χ1v) is 8.42. The van der Waals surface area contributed by atoms with E-state index in [0.29, 0.717) is 0 Å². The Morgan fingerprint density at radius 3 is 2.11 bits per heavy atom. The molecule has 2 atom stereocenters. The largest absolute Gasteiger partial charge is 0.329 e. The molecule has 3 nitrogen and oxygen atoms in total. The molecule has 3 aliphatic rings. The summed E-state index contributed by atoms with van der Waals surface area (Å²) in [5.41, 5.74) is 6.45. The van der Waals surface area contributed by atoms with E-state index in [9.17, 15) is 0 Å². The van der Waals surface area contributed by atoms with E-state index in [1.807, 2.05) is 0 Å². The molecule has 1 saturated carbocycles. The second kappa shape index (κ2) is 5.71. The molecule has 110 valence electrons. The van der Waals surface area contributed by atoms with E-state index in [0.717, 1.165) is 24.7 Å². The van der Waals surface area contributed by atoms with Gasteiger partial charge >= 0.3 is 0 Å². The quantitative estimate of drug-likeness (QED) is 0.769. The van der Waals surface area contributed by atoms with Crippen LogP contribution in [-0.4, -0.2) is 42.2 Å². The van der Waals surface area contributed by atoms with Gasteiger partial charge in [0.25, 0.3) is 0 Å². The summed E-state index contributed by atoms with van der Waals surface area (Å²) in [6.07, 6.45) is 13.7. The molecule has 2 saturated heterocycles. The maximum absolute atomic E-state index is 6.21. The molecule has 0 aromatic heterocycles. The van der Waals surface area contributed by atoms with Crippen molar-refractivity contribution in [3.8, 4) is 0 Å². The Morgan fingerprint density at radius 2 is 1.58 bits per heavy atom. The highest BCUT2D eigenvalue weighted by Gasteiger charge is 2.46. The number of rotatable bonds is 3. The van der Waals surface area contributed by atoms with Crippen LogP contribution in [0.2, 0.25) is 0 Å². The Hall–Kier alpha value is -0.120. The van der Waals surface area contributed by atoms with Gasteiger partial charge in [-0.25, -0.2) is 0 Å². The van der Waals surface area contributed by atoms with Crippen molar-refractivity contribution in [1.82, 2.24) is 10.2 Å². The Kier molecular flexibility index (Phi) is 4.16. The molecule has 3 heteroatoms. The molecule has 3 fully saturated rings. The lowest BCUT2D eigenvalue weighted by Gasteiger charge is -2.47. The summed E-state index contributed by atoms with van der Waals surface area (Å²) >= 11 is 0. The highest BCUT2D eigenvalue weighted by molar-refractivity contribution is 5.06. The Balaban J connectivity index is 1.66. The molecule has 3 N–H and O–H groups in total. The van der Waals surface area contributed by atoms with Gasteiger partial charge in [0.05, 0.1) is 0 Å². The van der Waals surface area contributed by atoms with Crippen molar-refractivity contribution in [2.45, 2.75) is 87.9 Å². The van der Waals surface area contributed by atoms with Crippen LogP contribution in [0.25, 0.3) is 0 Å². The van der Waals surface area contributed by atoms with Crippen molar-refractivity contribution < 1.29 is 0 Å². The average molecular weight is 265 g/mol. The lowest BCUT2D eigenvalue weighted by Crippen LogP contribution is -2.62. The molecule has 1 aliphatic carbocycles. The average Bonchev–Trinajstić information content (AvgIpc) is 2.68. The third-order valence-electron chi connectivity index (χ3n) is 5.99. The van der Waals surface area contributed by atoms with Gasteiger partial charge in [-0.2, -0.15) is 0 Å². The molecule has 19 heavy (non-hydrogen) atoms. The second-order valence-electron chi connectivity index (χ2n) is 7.28. The zero-order valence-electron chi connectivity index (χ0n) is 12.5. The fourth-order valence-electron chi connectivity index (χ4n) is 4.77. The summed E-state index contributed by atoms with van der Waals surface area (Å²) in [6.45, 7) is 0.824. The molecular weight excluding hydrogens is 234 g/mol. The minimum Gasteiger partial charge on any atom is -0.329 e. The number of piperidine rings is 1. The number of hydrogen-bond donors (Lipinski definition) is 2. The number of nitrogens with zero attached hydrogens (tertiary/aromatic N) is 1. The van der Waals surface area contributed by atoms with Crippen molar-refractivity contribution >= 4 is 0 Å². The fraction of sp³-hybridized carbons (Fsp3) is 1.00. The van der Waals surface area contributed by atoms with E-state index in [-0.39, 0.29) is 5.54 Å². The van der Waals surface area contributed by atoms with Crippen LogP contribution < -0.4 is 11.1 Å². The molecule has 2 aliphatic heterocycles. The Morgan fingerprint density at radius 1 is 1.00 bits per heavy atom. The third-order valence-corrected chi connectivity index (χ3v) is 5.99. The lowest BCUT2D eigenvalue weighted by molar-refractivity contribution is 0.0845. The van der Waals surface area contributed by atoms with Gasteiger partial charge in [-0.1, -0.05) is 25.7 Å². The summed E-state index contributed by atoms with van der Waals surface area (Å²) in [4.78, 5) is 2.61. The first kappa shape index (κ1) is 13.8. The van der Waals surface area contributed by atoms with E-state index in [1.54, 1.807) is 0 Å². The highest BCUT2D eigenvalue weighted by atomic mass is 15.2. The van der Waals surface area contributed by atoms with Gasteiger partial charge in [-0.3, -0.25) is 0 Å². The second-order valence-corrected chi connectivity index (χ2v) is 7.28. The van der Waals surface area contributed by atoms with Crippen molar-refractivity contribution in [2.75, 3.05) is 13.6 Å². The van der Waals surface area contributed by atoms with Gasteiger partial charge < -0.3 is 16.0 Å². The molecule has 2 heterocycles. The monoisotopic (exact) mass is 265 g/mol. The van der Waals surface area contributed by atoms with E-state index >= 15 is 0 Å². The topological polar surface area (TPSA) is 41.3 Å². The van der Waals surface area contributed by atoms with Gasteiger partial charge in [-0.05, 0) is 45.6 Å². The smallest absolute Gasteiger partial charge is 0.0336 e. The zero-order valence-corrected chi connectivity index (χ0v) is 12.5. The minimum atomic E-state index is 0.243. The van der Waals surface area contributed by atoms with Crippen LogP contribution in [-0.2, 0) is 0 Å². The Labute approximate surface area is 118 Å². The van der Waals surface area contributed by atoms with Gasteiger partial charge in [0.15, 0.2) is 0 Å². The number of nitrogens with one attached hydrogen (secondary N) is 1. The predicted octanol–water partition coefficient (Wildman–Crippen LogP) is 2.25. The summed E-state index contributed by atoms with van der Waals surface area (Å²) < 4.78 is 0. The van der Waals surface area contributed by atoms with Crippen LogP contribution >= 0.6 is 0 Å². The van der Waals surface area contributed by atoms with Crippen molar-refractivity contribution in [3.63, 3.8) is 0 Å². The van der Waals surface area contributed by atoms with Gasteiger partial charge in [0.2, 0.25) is 0 Å². The molecule has 0 spiro atoms. The first-order valence-electron chi connectivity index (χ1n) is 8.42.